The summed E-state index contributed by atoms with van der Waals surface area (Å²) in [5.74, 6) is 0. The third-order valence-corrected chi connectivity index (χ3v) is 2.20. The predicted molar refractivity (Wildman–Crippen MR) is 59.4 cm³/mol. The topological polar surface area (TPSA) is 29.3 Å². The summed E-state index contributed by atoms with van der Waals surface area (Å²) in [6.45, 7) is 2.50. The van der Waals surface area contributed by atoms with Crippen molar-refractivity contribution in [3.8, 4) is 0 Å². The summed E-state index contributed by atoms with van der Waals surface area (Å²) in [5, 5.41) is 0. The van der Waals surface area contributed by atoms with Gasteiger partial charge in [0.25, 0.3) is 0 Å². The maximum absolute atomic E-state index is 12.4. The van der Waals surface area contributed by atoms with Crippen LogP contribution in [0.3, 0.4) is 0 Å². The molecule has 1 rings (SSSR count). The Morgan fingerprint density at radius 1 is 1.19 bits per heavy atom. The first-order chi connectivity index (χ1) is 7.29. The van der Waals surface area contributed by atoms with Crippen molar-refractivity contribution in [2.75, 3.05) is 17.2 Å². The number of anilines is 2. The monoisotopic (exact) mass is 232 g/mol. The lowest BCUT2D eigenvalue weighted by molar-refractivity contribution is -0.120. The average molecular weight is 232 g/mol. The molecule has 0 heterocycles. The lowest BCUT2D eigenvalue weighted by Gasteiger charge is -2.29. The number of alkyl halides is 3. The van der Waals surface area contributed by atoms with Crippen LogP contribution in [0.2, 0.25) is 0 Å². The summed E-state index contributed by atoms with van der Waals surface area (Å²) in [6.07, 6.45) is -4.20. The fourth-order valence-electron chi connectivity index (χ4n) is 1.43. The fourth-order valence-corrected chi connectivity index (χ4v) is 1.43. The van der Waals surface area contributed by atoms with Gasteiger partial charge in [-0.25, -0.2) is 0 Å². The summed E-state index contributed by atoms with van der Waals surface area (Å²) in [7, 11) is 0. The largest absolute Gasteiger partial charge is 0.405 e. The molecular formula is C11H15F3N2. The minimum atomic E-state index is -4.20. The van der Waals surface area contributed by atoms with Crippen LogP contribution in [0.25, 0.3) is 0 Å². The van der Waals surface area contributed by atoms with Crippen molar-refractivity contribution < 1.29 is 13.2 Å². The summed E-state index contributed by atoms with van der Waals surface area (Å²) in [6, 6.07) is 6.18. The normalized spacial score (nSPS) is 11.9. The van der Waals surface area contributed by atoms with Crippen LogP contribution in [-0.4, -0.2) is 18.8 Å². The van der Waals surface area contributed by atoms with Crippen LogP contribution in [0.5, 0.6) is 0 Å². The van der Waals surface area contributed by atoms with Gasteiger partial charge in [-0.3, -0.25) is 0 Å². The van der Waals surface area contributed by atoms with Gasteiger partial charge in [0, 0.05) is 17.4 Å². The van der Waals surface area contributed by atoms with Crippen LogP contribution >= 0.6 is 0 Å². The molecular weight excluding hydrogens is 217 g/mol. The smallest absolute Gasteiger partial charge is 0.399 e. The highest BCUT2D eigenvalue weighted by Crippen LogP contribution is 2.24. The summed E-state index contributed by atoms with van der Waals surface area (Å²) >= 11 is 0. The van der Waals surface area contributed by atoms with Crippen molar-refractivity contribution in [2.24, 2.45) is 0 Å². The second kappa shape index (κ2) is 4.63. The van der Waals surface area contributed by atoms with Gasteiger partial charge < -0.3 is 10.6 Å². The Hall–Kier alpha value is -1.39. The molecule has 0 fully saturated rings. The molecule has 1 aromatic rings. The maximum atomic E-state index is 12.4. The zero-order chi connectivity index (χ0) is 12.3. The van der Waals surface area contributed by atoms with Crippen LogP contribution in [0.4, 0.5) is 24.5 Å². The molecule has 1 aromatic carbocycles. The van der Waals surface area contributed by atoms with Crippen LogP contribution in [0, 0.1) is 0 Å². The first-order valence-corrected chi connectivity index (χ1v) is 4.98. The van der Waals surface area contributed by atoms with E-state index in [9.17, 15) is 13.2 Å². The van der Waals surface area contributed by atoms with Crippen LogP contribution in [-0.2, 0) is 0 Å². The van der Waals surface area contributed by atoms with E-state index in [-0.39, 0.29) is 6.04 Å². The van der Waals surface area contributed by atoms with Gasteiger partial charge in [0.1, 0.15) is 6.54 Å². The van der Waals surface area contributed by atoms with Gasteiger partial charge in [-0.2, -0.15) is 13.2 Å². The van der Waals surface area contributed by atoms with Crippen LogP contribution < -0.4 is 10.6 Å². The third-order valence-electron chi connectivity index (χ3n) is 2.20. The highest BCUT2D eigenvalue weighted by atomic mass is 19.4. The van der Waals surface area contributed by atoms with Crippen molar-refractivity contribution >= 4 is 11.4 Å². The molecule has 0 aliphatic carbocycles. The molecule has 0 saturated carbocycles. The Balaban J connectivity index is 2.90. The molecule has 0 amide bonds. The Bertz CT molecular complexity index is 330. The number of hydrogen-bond donors (Lipinski definition) is 1. The zero-order valence-corrected chi connectivity index (χ0v) is 9.25. The molecule has 0 aliphatic heterocycles. The van der Waals surface area contributed by atoms with E-state index in [4.69, 9.17) is 5.73 Å². The number of nitrogens with two attached hydrogens (primary N) is 1. The van der Waals surface area contributed by atoms with Crippen molar-refractivity contribution in [3.05, 3.63) is 24.3 Å². The minimum absolute atomic E-state index is 0.217. The molecule has 0 radical (unpaired) electrons. The highest BCUT2D eigenvalue weighted by molar-refractivity contribution is 5.53. The predicted octanol–water partition coefficient (Wildman–Crippen LogP) is 3.05. The molecule has 2 nitrogen and oxygen atoms in total. The van der Waals surface area contributed by atoms with E-state index in [1.807, 2.05) is 0 Å². The van der Waals surface area contributed by atoms with Crippen molar-refractivity contribution in [1.29, 1.82) is 0 Å². The van der Waals surface area contributed by atoms with E-state index in [0.29, 0.717) is 11.4 Å². The third kappa shape index (κ3) is 3.64. The number of nitrogen functional groups attached to an aromatic ring is 1. The van der Waals surface area contributed by atoms with Gasteiger partial charge in [0.05, 0.1) is 0 Å². The zero-order valence-electron chi connectivity index (χ0n) is 9.25. The molecule has 0 spiro atoms. The van der Waals surface area contributed by atoms with E-state index in [0.717, 1.165) is 0 Å². The Labute approximate surface area is 92.9 Å². The van der Waals surface area contributed by atoms with Crippen molar-refractivity contribution in [3.63, 3.8) is 0 Å². The molecule has 0 bridgehead atoms. The standard InChI is InChI=1S/C11H15F3N2/c1-8(2)16(7-11(12,13)14)10-5-3-9(15)4-6-10/h3-6,8H,7,15H2,1-2H3. The maximum Gasteiger partial charge on any atom is 0.405 e. The number of nitrogens with zero attached hydrogens (tertiary/aromatic N) is 1. The van der Waals surface area contributed by atoms with Crippen molar-refractivity contribution in [2.45, 2.75) is 26.1 Å². The summed E-state index contributed by atoms with van der Waals surface area (Å²) < 4.78 is 37.1. The second-order valence-corrected chi connectivity index (χ2v) is 3.93. The molecule has 16 heavy (non-hydrogen) atoms. The van der Waals surface area contributed by atoms with Crippen molar-refractivity contribution in [1.82, 2.24) is 0 Å². The molecule has 5 heteroatoms. The molecule has 0 atom stereocenters. The molecule has 0 aliphatic rings. The second-order valence-electron chi connectivity index (χ2n) is 3.93. The first-order valence-electron chi connectivity index (χ1n) is 4.98. The van der Waals surface area contributed by atoms with Crippen LogP contribution in [0.15, 0.2) is 24.3 Å². The molecule has 0 saturated heterocycles. The molecule has 90 valence electrons. The summed E-state index contributed by atoms with van der Waals surface area (Å²) in [4.78, 5) is 1.29. The Morgan fingerprint density at radius 3 is 2.06 bits per heavy atom. The van der Waals surface area contributed by atoms with E-state index in [1.165, 1.54) is 4.90 Å². The van der Waals surface area contributed by atoms with E-state index < -0.39 is 12.7 Å². The number of benzene rings is 1. The average Bonchev–Trinajstić information content (AvgIpc) is 2.14. The lowest BCUT2D eigenvalue weighted by Crippen LogP contribution is -2.39. The molecule has 2 N–H and O–H groups in total. The van der Waals surface area contributed by atoms with Gasteiger partial charge in [-0.1, -0.05) is 0 Å². The SMILES string of the molecule is CC(C)N(CC(F)(F)F)c1ccc(N)cc1. The lowest BCUT2D eigenvalue weighted by atomic mass is 10.2. The highest BCUT2D eigenvalue weighted by Gasteiger charge is 2.31. The first kappa shape index (κ1) is 12.7. The quantitative estimate of drug-likeness (QED) is 0.811. The van der Waals surface area contributed by atoms with E-state index >= 15 is 0 Å². The minimum Gasteiger partial charge on any atom is -0.399 e. The summed E-state index contributed by atoms with van der Waals surface area (Å²) in [5.41, 5.74) is 6.56. The van der Waals surface area contributed by atoms with Gasteiger partial charge in [0.2, 0.25) is 0 Å². The Morgan fingerprint density at radius 2 is 1.69 bits per heavy atom. The van der Waals surface area contributed by atoms with Crippen LogP contribution in [0.1, 0.15) is 13.8 Å². The fraction of sp³-hybridized carbons (Fsp3) is 0.455. The van der Waals surface area contributed by atoms with Gasteiger partial charge in [-0.15, -0.1) is 0 Å². The van der Waals surface area contributed by atoms with E-state index in [2.05, 4.69) is 0 Å². The molecule has 0 aromatic heterocycles. The number of rotatable bonds is 3. The number of halogens is 3. The number of hydrogen-bond acceptors (Lipinski definition) is 2. The van der Waals surface area contributed by atoms with Gasteiger partial charge in [-0.05, 0) is 38.1 Å². The van der Waals surface area contributed by atoms with Gasteiger partial charge >= 0.3 is 6.18 Å². The van der Waals surface area contributed by atoms with E-state index in [1.54, 1.807) is 38.1 Å². The Kier molecular flexibility index (Phi) is 3.67. The molecule has 0 unspecified atom stereocenters. The van der Waals surface area contributed by atoms with Gasteiger partial charge in [0.15, 0.2) is 0 Å².